The Morgan fingerprint density at radius 1 is 1.26 bits per heavy atom. The highest BCUT2D eigenvalue weighted by atomic mass is 35.5. The maximum Gasteiger partial charge on any atom is 0.126 e. The zero-order valence-corrected chi connectivity index (χ0v) is 12.3. The number of anilines is 1. The number of nitrogens with zero attached hydrogens (tertiary/aromatic N) is 1. The first-order chi connectivity index (χ1) is 9.04. The van der Waals surface area contributed by atoms with Gasteiger partial charge in [-0.05, 0) is 38.3 Å². The standard InChI is InChI=1S/C14H17Cl2FN2/c1-8-4-10(7-19(8)11-2-3-11)18-14-12(15)5-9(17)6-13(14)16/h5-6,8,10-11,18H,2-4,7H2,1H3. The maximum absolute atomic E-state index is 13.2. The molecule has 2 nitrogen and oxygen atoms in total. The van der Waals surface area contributed by atoms with Gasteiger partial charge in [-0.15, -0.1) is 0 Å². The molecule has 1 saturated heterocycles. The monoisotopic (exact) mass is 302 g/mol. The molecule has 0 amide bonds. The summed E-state index contributed by atoms with van der Waals surface area (Å²) < 4.78 is 13.2. The van der Waals surface area contributed by atoms with Gasteiger partial charge in [0.1, 0.15) is 5.82 Å². The molecule has 5 heteroatoms. The molecule has 1 N–H and O–H groups in total. The molecular weight excluding hydrogens is 286 g/mol. The average molecular weight is 303 g/mol. The summed E-state index contributed by atoms with van der Waals surface area (Å²) in [7, 11) is 0. The quantitative estimate of drug-likeness (QED) is 0.901. The predicted molar refractivity (Wildman–Crippen MR) is 77.6 cm³/mol. The highest BCUT2D eigenvalue weighted by Crippen LogP contribution is 2.36. The molecule has 0 bridgehead atoms. The van der Waals surface area contributed by atoms with E-state index in [4.69, 9.17) is 23.2 Å². The van der Waals surface area contributed by atoms with Crippen LogP contribution in [0.2, 0.25) is 10.0 Å². The van der Waals surface area contributed by atoms with E-state index in [0.717, 1.165) is 19.0 Å². The molecule has 104 valence electrons. The van der Waals surface area contributed by atoms with Crippen molar-refractivity contribution in [3.8, 4) is 0 Å². The van der Waals surface area contributed by atoms with Crippen molar-refractivity contribution >= 4 is 28.9 Å². The van der Waals surface area contributed by atoms with Crippen molar-refractivity contribution in [3.63, 3.8) is 0 Å². The van der Waals surface area contributed by atoms with Crippen LogP contribution < -0.4 is 5.32 Å². The van der Waals surface area contributed by atoms with Crippen molar-refractivity contribution in [1.29, 1.82) is 0 Å². The number of likely N-dealkylation sites (tertiary alicyclic amines) is 1. The molecule has 1 aliphatic carbocycles. The van der Waals surface area contributed by atoms with Gasteiger partial charge in [0.2, 0.25) is 0 Å². The Labute approximate surface area is 122 Å². The molecule has 0 aromatic heterocycles. The average Bonchev–Trinajstić information content (AvgIpc) is 3.09. The zero-order valence-electron chi connectivity index (χ0n) is 10.8. The van der Waals surface area contributed by atoms with Crippen LogP contribution in [0.4, 0.5) is 10.1 Å². The summed E-state index contributed by atoms with van der Waals surface area (Å²) in [5.41, 5.74) is 0.652. The van der Waals surface area contributed by atoms with E-state index in [1.54, 1.807) is 0 Å². The molecule has 19 heavy (non-hydrogen) atoms. The molecular formula is C14H17Cl2FN2. The minimum atomic E-state index is -0.403. The summed E-state index contributed by atoms with van der Waals surface area (Å²) in [6, 6.07) is 4.28. The third-order valence-corrected chi connectivity index (χ3v) is 4.59. The van der Waals surface area contributed by atoms with Gasteiger partial charge >= 0.3 is 0 Å². The number of nitrogens with one attached hydrogen (secondary N) is 1. The molecule has 2 unspecified atom stereocenters. The van der Waals surface area contributed by atoms with Crippen molar-refractivity contribution in [1.82, 2.24) is 4.90 Å². The van der Waals surface area contributed by atoms with E-state index in [2.05, 4.69) is 17.1 Å². The van der Waals surface area contributed by atoms with Gasteiger partial charge in [-0.1, -0.05) is 23.2 Å². The Hall–Kier alpha value is -0.510. The number of benzene rings is 1. The first kappa shape index (κ1) is 13.5. The maximum atomic E-state index is 13.2. The fourth-order valence-corrected chi connectivity index (χ4v) is 3.53. The smallest absolute Gasteiger partial charge is 0.126 e. The van der Waals surface area contributed by atoms with Gasteiger partial charge in [-0.25, -0.2) is 4.39 Å². The second kappa shape index (κ2) is 5.12. The highest BCUT2D eigenvalue weighted by Gasteiger charge is 2.38. The van der Waals surface area contributed by atoms with Gasteiger partial charge in [0.25, 0.3) is 0 Å². The van der Waals surface area contributed by atoms with Crippen LogP contribution in [0.1, 0.15) is 26.2 Å². The molecule has 3 rings (SSSR count). The van der Waals surface area contributed by atoms with Crippen molar-refractivity contribution in [3.05, 3.63) is 28.0 Å². The van der Waals surface area contributed by atoms with Crippen LogP contribution in [-0.4, -0.2) is 29.6 Å². The Morgan fingerprint density at radius 2 is 1.89 bits per heavy atom. The molecule has 0 radical (unpaired) electrons. The molecule has 1 aliphatic heterocycles. The second-order valence-electron chi connectivity index (χ2n) is 5.60. The van der Waals surface area contributed by atoms with Crippen LogP contribution in [0.5, 0.6) is 0 Å². The Morgan fingerprint density at radius 3 is 2.47 bits per heavy atom. The number of halogens is 3. The first-order valence-electron chi connectivity index (χ1n) is 6.71. The number of hydrogen-bond acceptors (Lipinski definition) is 2. The van der Waals surface area contributed by atoms with E-state index in [-0.39, 0.29) is 0 Å². The third-order valence-electron chi connectivity index (χ3n) is 3.99. The van der Waals surface area contributed by atoms with Crippen LogP contribution in [0.25, 0.3) is 0 Å². The summed E-state index contributed by atoms with van der Waals surface area (Å²) in [5.74, 6) is -0.403. The largest absolute Gasteiger partial charge is 0.379 e. The minimum absolute atomic E-state index is 0.330. The number of hydrogen-bond donors (Lipinski definition) is 1. The van der Waals surface area contributed by atoms with Gasteiger partial charge in [0, 0.05) is 24.7 Å². The summed E-state index contributed by atoms with van der Waals surface area (Å²) >= 11 is 12.1. The first-order valence-corrected chi connectivity index (χ1v) is 7.47. The topological polar surface area (TPSA) is 15.3 Å². The van der Waals surface area contributed by atoms with Crippen molar-refractivity contribution in [2.45, 2.75) is 44.3 Å². The van der Waals surface area contributed by atoms with Crippen LogP contribution in [0, 0.1) is 5.82 Å². The lowest BCUT2D eigenvalue weighted by Gasteiger charge is -2.20. The second-order valence-corrected chi connectivity index (χ2v) is 6.41. The van der Waals surface area contributed by atoms with Gasteiger partial charge in [-0.3, -0.25) is 4.90 Å². The lowest BCUT2D eigenvalue weighted by molar-refractivity contribution is 0.257. The lowest BCUT2D eigenvalue weighted by atomic mass is 10.2. The molecule has 1 heterocycles. The van der Waals surface area contributed by atoms with Crippen LogP contribution >= 0.6 is 23.2 Å². The molecule has 2 fully saturated rings. The molecule has 0 spiro atoms. The minimum Gasteiger partial charge on any atom is -0.379 e. The van der Waals surface area contributed by atoms with Crippen molar-refractivity contribution in [2.75, 3.05) is 11.9 Å². The zero-order chi connectivity index (χ0) is 13.6. The SMILES string of the molecule is CC1CC(Nc2c(Cl)cc(F)cc2Cl)CN1C1CC1. The summed E-state index contributed by atoms with van der Waals surface area (Å²) in [4.78, 5) is 2.54. The van der Waals surface area contributed by atoms with E-state index in [1.165, 1.54) is 25.0 Å². The van der Waals surface area contributed by atoms with Crippen LogP contribution in [-0.2, 0) is 0 Å². The fourth-order valence-electron chi connectivity index (χ4n) is 2.96. The van der Waals surface area contributed by atoms with E-state index in [9.17, 15) is 4.39 Å². The molecule has 1 saturated carbocycles. The lowest BCUT2D eigenvalue weighted by Crippen LogP contribution is -2.31. The molecule has 2 aliphatic rings. The Balaban J connectivity index is 1.72. The van der Waals surface area contributed by atoms with Gasteiger partial charge in [0.15, 0.2) is 0 Å². The third kappa shape index (κ3) is 2.83. The van der Waals surface area contributed by atoms with Gasteiger partial charge in [0.05, 0.1) is 15.7 Å². The summed E-state index contributed by atoms with van der Waals surface area (Å²) in [6.45, 7) is 3.27. The number of rotatable bonds is 3. The Bertz CT molecular complexity index is 467. The molecule has 2 atom stereocenters. The summed E-state index contributed by atoms with van der Waals surface area (Å²) in [5, 5.41) is 4.07. The normalized spacial score (nSPS) is 27.8. The van der Waals surface area contributed by atoms with Crippen LogP contribution in [0.3, 0.4) is 0 Å². The summed E-state index contributed by atoms with van der Waals surface area (Å²) in [6.07, 6.45) is 3.70. The highest BCUT2D eigenvalue weighted by molar-refractivity contribution is 6.39. The van der Waals surface area contributed by atoms with E-state index >= 15 is 0 Å². The van der Waals surface area contributed by atoms with Crippen molar-refractivity contribution in [2.24, 2.45) is 0 Å². The predicted octanol–water partition coefficient (Wildman–Crippen LogP) is 4.17. The van der Waals surface area contributed by atoms with Crippen LogP contribution in [0.15, 0.2) is 12.1 Å². The van der Waals surface area contributed by atoms with Gasteiger partial charge < -0.3 is 5.32 Å². The van der Waals surface area contributed by atoms with Gasteiger partial charge in [-0.2, -0.15) is 0 Å². The van der Waals surface area contributed by atoms with E-state index < -0.39 is 5.82 Å². The van der Waals surface area contributed by atoms with E-state index in [1.807, 2.05) is 0 Å². The molecule has 1 aromatic carbocycles. The molecule has 1 aromatic rings. The van der Waals surface area contributed by atoms with E-state index in [0.29, 0.717) is 27.8 Å². The van der Waals surface area contributed by atoms with Crippen molar-refractivity contribution < 1.29 is 4.39 Å². The fraction of sp³-hybridized carbons (Fsp3) is 0.571. The Kier molecular flexibility index (Phi) is 3.63.